The Morgan fingerprint density at radius 2 is 2.36 bits per heavy atom. The molecule has 1 heterocycles. The number of hydrogen-bond donors (Lipinski definition) is 2. The highest BCUT2D eigenvalue weighted by atomic mass is 32.2. The van der Waals surface area contributed by atoms with E-state index in [1.165, 1.54) is 0 Å². The zero-order chi connectivity index (χ0) is 10.4. The molecule has 1 atom stereocenters. The Hall–Kier alpha value is -0.220. The van der Waals surface area contributed by atoms with Gasteiger partial charge in [-0.1, -0.05) is 6.92 Å². The van der Waals surface area contributed by atoms with Crippen molar-refractivity contribution in [1.82, 2.24) is 10.6 Å². The van der Waals surface area contributed by atoms with Gasteiger partial charge in [-0.05, 0) is 36.9 Å². The molecule has 0 aromatic rings. The van der Waals surface area contributed by atoms with Gasteiger partial charge in [0.1, 0.15) is 0 Å². The molecule has 0 saturated carbocycles. The lowest BCUT2D eigenvalue weighted by atomic mass is 9.99. The van der Waals surface area contributed by atoms with E-state index in [0.717, 1.165) is 25.4 Å². The third-order valence-corrected chi connectivity index (χ3v) is 3.34. The number of thioether (sulfide) groups is 1. The van der Waals surface area contributed by atoms with Crippen molar-refractivity contribution in [3.63, 3.8) is 0 Å². The van der Waals surface area contributed by atoms with Crippen LogP contribution in [0.1, 0.15) is 13.3 Å². The van der Waals surface area contributed by atoms with Crippen LogP contribution in [0, 0.1) is 11.8 Å². The molecule has 14 heavy (non-hydrogen) atoms. The van der Waals surface area contributed by atoms with Gasteiger partial charge in [-0.25, -0.2) is 0 Å². The van der Waals surface area contributed by atoms with Gasteiger partial charge in [0.25, 0.3) is 0 Å². The number of hydrogen-bond acceptors (Lipinski definition) is 3. The molecule has 1 fully saturated rings. The van der Waals surface area contributed by atoms with E-state index in [2.05, 4.69) is 23.8 Å². The number of rotatable bonds is 6. The van der Waals surface area contributed by atoms with Crippen molar-refractivity contribution < 1.29 is 4.79 Å². The first-order valence-corrected chi connectivity index (χ1v) is 6.58. The number of carbonyl (C=O) groups excluding carboxylic acids is 1. The molecule has 3 nitrogen and oxygen atoms in total. The number of amides is 1. The van der Waals surface area contributed by atoms with Crippen LogP contribution in [0.3, 0.4) is 0 Å². The van der Waals surface area contributed by atoms with Crippen molar-refractivity contribution in [2.45, 2.75) is 13.3 Å². The molecule has 0 aliphatic carbocycles. The van der Waals surface area contributed by atoms with E-state index in [1.807, 2.05) is 11.8 Å². The summed E-state index contributed by atoms with van der Waals surface area (Å²) in [5.74, 6) is 2.48. The molecule has 0 radical (unpaired) electrons. The Morgan fingerprint density at radius 3 is 2.86 bits per heavy atom. The van der Waals surface area contributed by atoms with Crippen LogP contribution >= 0.6 is 11.8 Å². The van der Waals surface area contributed by atoms with E-state index in [9.17, 15) is 4.79 Å². The fourth-order valence-corrected chi connectivity index (χ4v) is 2.15. The van der Waals surface area contributed by atoms with Gasteiger partial charge in [0.2, 0.25) is 5.91 Å². The van der Waals surface area contributed by atoms with Crippen LogP contribution in [0.15, 0.2) is 0 Å². The van der Waals surface area contributed by atoms with Crippen LogP contribution in [0.5, 0.6) is 0 Å². The minimum atomic E-state index is 0.212. The Balaban J connectivity index is 2.01. The van der Waals surface area contributed by atoms with E-state index in [4.69, 9.17) is 0 Å². The Kier molecular flexibility index (Phi) is 5.33. The average molecular weight is 216 g/mol. The molecule has 1 amide bonds. The maximum Gasteiger partial charge on any atom is 0.220 e. The van der Waals surface area contributed by atoms with Gasteiger partial charge in [0.15, 0.2) is 0 Å². The third kappa shape index (κ3) is 4.33. The lowest BCUT2D eigenvalue weighted by molar-refractivity contribution is -0.122. The first-order chi connectivity index (χ1) is 6.72. The summed E-state index contributed by atoms with van der Waals surface area (Å²) in [6.07, 6.45) is 2.79. The van der Waals surface area contributed by atoms with Gasteiger partial charge in [-0.3, -0.25) is 4.79 Å². The van der Waals surface area contributed by atoms with Crippen molar-refractivity contribution in [2.24, 2.45) is 11.8 Å². The molecule has 0 aromatic heterocycles. The maximum absolute atomic E-state index is 11.4. The topological polar surface area (TPSA) is 41.1 Å². The van der Waals surface area contributed by atoms with Crippen LogP contribution < -0.4 is 10.6 Å². The van der Waals surface area contributed by atoms with Crippen molar-refractivity contribution in [1.29, 1.82) is 0 Å². The summed E-state index contributed by atoms with van der Waals surface area (Å²) in [4.78, 5) is 11.4. The first kappa shape index (κ1) is 11.9. The Bertz CT molecular complexity index is 183. The zero-order valence-corrected chi connectivity index (χ0v) is 9.82. The van der Waals surface area contributed by atoms with Crippen molar-refractivity contribution >= 4 is 17.7 Å². The minimum absolute atomic E-state index is 0.212. The summed E-state index contributed by atoms with van der Waals surface area (Å²) in [7, 11) is 0. The molecule has 1 aliphatic heterocycles. The van der Waals surface area contributed by atoms with E-state index >= 15 is 0 Å². The third-order valence-electron chi connectivity index (χ3n) is 2.44. The fraction of sp³-hybridized carbons (Fsp3) is 0.900. The van der Waals surface area contributed by atoms with Crippen LogP contribution in [0.4, 0.5) is 0 Å². The quantitative estimate of drug-likeness (QED) is 0.687. The van der Waals surface area contributed by atoms with Crippen molar-refractivity contribution in [3.05, 3.63) is 0 Å². The normalized spacial score (nSPS) is 18.7. The maximum atomic E-state index is 11.4. The smallest absolute Gasteiger partial charge is 0.220 e. The predicted octanol–water partition coefficient (Wildman–Crippen LogP) is 0.711. The molecule has 1 unspecified atom stereocenters. The van der Waals surface area contributed by atoms with E-state index in [0.29, 0.717) is 18.3 Å². The van der Waals surface area contributed by atoms with Crippen LogP contribution in [0.2, 0.25) is 0 Å². The lowest BCUT2D eigenvalue weighted by Gasteiger charge is -2.26. The summed E-state index contributed by atoms with van der Waals surface area (Å²) in [6.45, 7) is 5.00. The second-order valence-electron chi connectivity index (χ2n) is 4.09. The highest BCUT2D eigenvalue weighted by Crippen LogP contribution is 2.08. The van der Waals surface area contributed by atoms with Crippen molar-refractivity contribution in [2.75, 3.05) is 31.6 Å². The molecule has 4 heteroatoms. The van der Waals surface area contributed by atoms with Crippen molar-refractivity contribution in [3.8, 4) is 0 Å². The second kappa shape index (κ2) is 6.30. The molecule has 0 bridgehead atoms. The fourth-order valence-electron chi connectivity index (χ4n) is 1.46. The first-order valence-electron chi connectivity index (χ1n) is 5.18. The van der Waals surface area contributed by atoms with Crippen LogP contribution in [-0.4, -0.2) is 37.6 Å². The van der Waals surface area contributed by atoms with Crippen LogP contribution in [0.25, 0.3) is 0 Å². The molecule has 1 saturated heterocycles. The summed E-state index contributed by atoms with van der Waals surface area (Å²) in [5.41, 5.74) is 0. The predicted molar refractivity (Wildman–Crippen MR) is 61.5 cm³/mol. The molecule has 1 aliphatic rings. The number of carbonyl (C=O) groups is 1. The van der Waals surface area contributed by atoms with Gasteiger partial charge in [0, 0.05) is 13.0 Å². The monoisotopic (exact) mass is 216 g/mol. The van der Waals surface area contributed by atoms with Gasteiger partial charge >= 0.3 is 0 Å². The van der Waals surface area contributed by atoms with Gasteiger partial charge < -0.3 is 10.6 Å². The molecule has 1 rings (SSSR count). The molecular formula is C10H20N2OS. The van der Waals surface area contributed by atoms with E-state index in [1.54, 1.807) is 0 Å². The standard InChI is InChI=1S/C10H20N2OS/c1-8(7-14-2)4-12-10(13)3-9-5-11-6-9/h8-9,11H,3-7H2,1-2H3,(H,12,13). The summed E-state index contributed by atoms with van der Waals surface area (Å²) in [6, 6.07) is 0. The summed E-state index contributed by atoms with van der Waals surface area (Å²) in [5, 5.41) is 6.15. The second-order valence-corrected chi connectivity index (χ2v) is 5.00. The molecule has 0 spiro atoms. The highest BCUT2D eigenvalue weighted by Gasteiger charge is 2.19. The van der Waals surface area contributed by atoms with E-state index < -0.39 is 0 Å². The largest absolute Gasteiger partial charge is 0.356 e. The molecule has 82 valence electrons. The van der Waals surface area contributed by atoms with Gasteiger partial charge in [-0.15, -0.1) is 0 Å². The lowest BCUT2D eigenvalue weighted by Crippen LogP contribution is -2.44. The summed E-state index contributed by atoms with van der Waals surface area (Å²) >= 11 is 1.83. The summed E-state index contributed by atoms with van der Waals surface area (Å²) < 4.78 is 0. The molecular weight excluding hydrogens is 196 g/mol. The highest BCUT2D eigenvalue weighted by molar-refractivity contribution is 7.98. The minimum Gasteiger partial charge on any atom is -0.356 e. The average Bonchev–Trinajstić information content (AvgIpc) is 2.09. The molecule has 0 aromatic carbocycles. The van der Waals surface area contributed by atoms with Gasteiger partial charge in [0.05, 0.1) is 0 Å². The Labute approximate surface area is 90.4 Å². The SMILES string of the molecule is CSCC(C)CNC(=O)CC1CNC1. The Morgan fingerprint density at radius 1 is 1.64 bits per heavy atom. The zero-order valence-electron chi connectivity index (χ0n) is 9.01. The van der Waals surface area contributed by atoms with E-state index in [-0.39, 0.29) is 5.91 Å². The van der Waals surface area contributed by atoms with Gasteiger partial charge in [-0.2, -0.15) is 11.8 Å². The molecule has 2 N–H and O–H groups in total. The number of nitrogens with one attached hydrogen (secondary N) is 2. The van der Waals surface area contributed by atoms with Crippen LogP contribution in [-0.2, 0) is 4.79 Å².